The molecule has 0 bridgehead atoms. The lowest BCUT2D eigenvalue weighted by Crippen LogP contribution is -2.32. The summed E-state index contributed by atoms with van der Waals surface area (Å²) in [6, 6.07) is 17.7. The summed E-state index contributed by atoms with van der Waals surface area (Å²) in [4.78, 5) is 13.2. The summed E-state index contributed by atoms with van der Waals surface area (Å²) < 4.78 is 0. The van der Waals surface area contributed by atoms with Gasteiger partial charge in [-0.15, -0.1) is 0 Å². The van der Waals surface area contributed by atoms with Gasteiger partial charge in [0, 0.05) is 18.8 Å². The highest BCUT2D eigenvalue weighted by atomic mass is 16.4. The zero-order valence-electron chi connectivity index (χ0n) is 15.3. The van der Waals surface area contributed by atoms with Crippen molar-refractivity contribution < 1.29 is 9.90 Å². The molecule has 1 atom stereocenters. The van der Waals surface area contributed by atoms with Crippen LogP contribution in [0.3, 0.4) is 0 Å². The van der Waals surface area contributed by atoms with E-state index in [0.29, 0.717) is 18.8 Å². The number of amides is 1. The predicted molar refractivity (Wildman–Crippen MR) is 103 cm³/mol. The molecule has 1 unspecified atom stereocenters. The summed E-state index contributed by atoms with van der Waals surface area (Å²) in [5.74, 6) is 0.288. The summed E-state index contributed by atoms with van der Waals surface area (Å²) in [5.41, 5.74) is 8.68. The van der Waals surface area contributed by atoms with Gasteiger partial charge in [-0.3, -0.25) is 0 Å². The van der Waals surface area contributed by atoms with E-state index in [1.807, 2.05) is 36.4 Å². The Morgan fingerprint density at radius 2 is 1.80 bits per heavy atom. The first-order valence-electron chi connectivity index (χ1n) is 8.64. The number of hydrogen-bond acceptors (Lipinski definition) is 2. The number of benzene rings is 2. The molecule has 0 saturated heterocycles. The number of nitrogens with zero attached hydrogens (tertiary/aromatic N) is 1. The minimum atomic E-state index is -0.900. The van der Waals surface area contributed by atoms with Gasteiger partial charge in [0.15, 0.2) is 0 Å². The number of nitrogen functional groups attached to an aromatic ring is 1. The van der Waals surface area contributed by atoms with Gasteiger partial charge in [-0.25, -0.2) is 4.79 Å². The van der Waals surface area contributed by atoms with Crippen LogP contribution in [0.2, 0.25) is 0 Å². The molecule has 2 aromatic rings. The molecule has 4 nitrogen and oxygen atoms in total. The molecule has 0 saturated carbocycles. The molecule has 0 heterocycles. The Bertz CT molecular complexity index is 693. The predicted octanol–water partition coefficient (Wildman–Crippen LogP) is 4.97. The van der Waals surface area contributed by atoms with Crippen molar-refractivity contribution in [3.63, 3.8) is 0 Å². The molecule has 4 heteroatoms. The smallest absolute Gasteiger partial charge is 0.407 e. The standard InChI is InChI=1S/C21H28N2O2/c1-21(2,3)19(17-9-5-4-6-10-17)12-13-23(20(24)25)15-16-8-7-11-18(22)14-16/h4-11,14,19H,12-13,15,22H2,1-3H3,(H,24,25). The van der Waals surface area contributed by atoms with E-state index >= 15 is 0 Å². The fourth-order valence-electron chi connectivity index (χ4n) is 3.22. The summed E-state index contributed by atoms with van der Waals surface area (Å²) in [6.07, 6.45) is -0.120. The normalized spacial score (nSPS) is 12.6. The monoisotopic (exact) mass is 340 g/mol. The summed E-state index contributed by atoms with van der Waals surface area (Å²) in [6.45, 7) is 7.45. The van der Waals surface area contributed by atoms with Crippen LogP contribution in [-0.2, 0) is 6.54 Å². The lowest BCUT2D eigenvalue weighted by atomic mass is 9.74. The van der Waals surface area contributed by atoms with Crippen LogP contribution in [0.1, 0.15) is 44.2 Å². The van der Waals surface area contributed by atoms with E-state index in [0.717, 1.165) is 12.0 Å². The van der Waals surface area contributed by atoms with Crippen LogP contribution in [0, 0.1) is 5.41 Å². The molecule has 134 valence electrons. The van der Waals surface area contributed by atoms with Crippen LogP contribution in [0.15, 0.2) is 54.6 Å². The Morgan fingerprint density at radius 3 is 2.36 bits per heavy atom. The maximum absolute atomic E-state index is 11.7. The Kier molecular flexibility index (Phi) is 6.07. The third kappa shape index (κ3) is 5.52. The van der Waals surface area contributed by atoms with Crippen molar-refractivity contribution in [3.8, 4) is 0 Å². The topological polar surface area (TPSA) is 66.6 Å². The molecule has 0 fully saturated rings. The molecule has 0 aliphatic heterocycles. The van der Waals surface area contributed by atoms with E-state index in [2.05, 4.69) is 32.9 Å². The van der Waals surface area contributed by atoms with Crippen LogP contribution in [0.4, 0.5) is 10.5 Å². The second-order valence-electron chi connectivity index (χ2n) is 7.57. The van der Waals surface area contributed by atoms with Crippen molar-refractivity contribution in [2.24, 2.45) is 5.41 Å². The zero-order chi connectivity index (χ0) is 18.4. The Balaban J connectivity index is 2.11. The molecule has 2 aromatic carbocycles. The number of nitrogens with two attached hydrogens (primary N) is 1. The molecule has 0 aromatic heterocycles. The molecule has 25 heavy (non-hydrogen) atoms. The molecule has 0 spiro atoms. The molecular formula is C21H28N2O2. The van der Waals surface area contributed by atoms with Crippen LogP contribution in [0.5, 0.6) is 0 Å². The zero-order valence-corrected chi connectivity index (χ0v) is 15.3. The van der Waals surface area contributed by atoms with Gasteiger partial charge >= 0.3 is 6.09 Å². The van der Waals surface area contributed by atoms with Crippen molar-refractivity contribution >= 4 is 11.8 Å². The molecule has 1 amide bonds. The molecule has 0 aliphatic carbocycles. The SMILES string of the molecule is CC(C)(C)C(CCN(Cc1cccc(N)c1)C(=O)O)c1ccccc1. The third-order valence-corrected chi connectivity index (χ3v) is 4.53. The lowest BCUT2D eigenvalue weighted by molar-refractivity contribution is 0.137. The van der Waals surface area contributed by atoms with Crippen molar-refractivity contribution in [1.82, 2.24) is 4.90 Å². The van der Waals surface area contributed by atoms with Crippen LogP contribution in [-0.4, -0.2) is 22.6 Å². The van der Waals surface area contributed by atoms with E-state index in [9.17, 15) is 9.90 Å². The van der Waals surface area contributed by atoms with Crippen molar-refractivity contribution in [2.45, 2.75) is 39.7 Å². The van der Waals surface area contributed by atoms with Crippen LogP contribution < -0.4 is 5.73 Å². The van der Waals surface area contributed by atoms with Gasteiger partial charge in [-0.1, -0.05) is 63.2 Å². The van der Waals surface area contributed by atoms with Crippen LogP contribution in [0.25, 0.3) is 0 Å². The Hall–Kier alpha value is -2.49. The average Bonchev–Trinajstić information content (AvgIpc) is 2.53. The largest absolute Gasteiger partial charge is 0.465 e. The van der Waals surface area contributed by atoms with Crippen molar-refractivity contribution in [1.29, 1.82) is 0 Å². The molecule has 0 radical (unpaired) electrons. The summed E-state index contributed by atoms with van der Waals surface area (Å²) >= 11 is 0. The maximum atomic E-state index is 11.7. The summed E-state index contributed by atoms with van der Waals surface area (Å²) in [7, 11) is 0. The molecule has 3 N–H and O–H groups in total. The van der Waals surface area contributed by atoms with Gasteiger partial charge in [0.1, 0.15) is 0 Å². The highest BCUT2D eigenvalue weighted by Crippen LogP contribution is 2.37. The van der Waals surface area contributed by atoms with E-state index in [4.69, 9.17) is 5.73 Å². The van der Waals surface area contributed by atoms with E-state index in [1.54, 1.807) is 6.07 Å². The first-order chi connectivity index (χ1) is 11.8. The highest BCUT2D eigenvalue weighted by Gasteiger charge is 2.27. The number of anilines is 1. The molecule has 2 rings (SSSR count). The number of carboxylic acid groups (broad SMARTS) is 1. The van der Waals surface area contributed by atoms with E-state index < -0.39 is 6.09 Å². The fraction of sp³-hybridized carbons (Fsp3) is 0.381. The fourth-order valence-corrected chi connectivity index (χ4v) is 3.22. The minimum absolute atomic E-state index is 0.0582. The highest BCUT2D eigenvalue weighted by molar-refractivity contribution is 5.65. The van der Waals surface area contributed by atoms with Gasteiger partial charge in [-0.05, 0) is 41.0 Å². The number of carbonyl (C=O) groups is 1. The number of hydrogen-bond donors (Lipinski definition) is 2. The second-order valence-corrected chi connectivity index (χ2v) is 7.57. The summed E-state index contributed by atoms with van der Waals surface area (Å²) in [5, 5.41) is 9.58. The van der Waals surface area contributed by atoms with E-state index in [-0.39, 0.29) is 11.3 Å². The second kappa shape index (κ2) is 8.06. The van der Waals surface area contributed by atoms with Gasteiger partial charge in [0.2, 0.25) is 0 Å². The van der Waals surface area contributed by atoms with Gasteiger partial charge in [0.25, 0.3) is 0 Å². The van der Waals surface area contributed by atoms with Gasteiger partial charge in [-0.2, -0.15) is 0 Å². The van der Waals surface area contributed by atoms with Gasteiger partial charge < -0.3 is 15.7 Å². The van der Waals surface area contributed by atoms with Crippen molar-refractivity contribution in [2.75, 3.05) is 12.3 Å². The van der Waals surface area contributed by atoms with Crippen LogP contribution >= 0.6 is 0 Å². The third-order valence-electron chi connectivity index (χ3n) is 4.53. The molecule has 0 aliphatic rings. The molecular weight excluding hydrogens is 312 g/mol. The Morgan fingerprint density at radius 1 is 1.12 bits per heavy atom. The lowest BCUT2D eigenvalue weighted by Gasteiger charge is -2.33. The number of rotatable bonds is 6. The first kappa shape index (κ1) is 18.8. The average molecular weight is 340 g/mol. The van der Waals surface area contributed by atoms with E-state index in [1.165, 1.54) is 10.5 Å². The van der Waals surface area contributed by atoms with Gasteiger partial charge in [0.05, 0.1) is 0 Å². The maximum Gasteiger partial charge on any atom is 0.407 e. The van der Waals surface area contributed by atoms with Crippen molar-refractivity contribution in [3.05, 3.63) is 65.7 Å². The minimum Gasteiger partial charge on any atom is -0.465 e. The first-order valence-corrected chi connectivity index (χ1v) is 8.64. The quantitative estimate of drug-likeness (QED) is 0.730. The Labute approximate surface area is 150 Å².